The van der Waals surface area contributed by atoms with E-state index in [2.05, 4.69) is 0 Å². The predicted molar refractivity (Wildman–Crippen MR) is 59.9 cm³/mol. The molecule has 18 heavy (non-hydrogen) atoms. The molecule has 0 saturated heterocycles. The molecule has 8 heteroatoms. The second kappa shape index (κ2) is 5.30. The Kier molecular flexibility index (Phi) is 4.23. The van der Waals surface area contributed by atoms with E-state index in [4.69, 9.17) is 5.11 Å². The van der Waals surface area contributed by atoms with Gasteiger partial charge in [-0.15, -0.1) is 11.8 Å². The lowest BCUT2D eigenvalue weighted by Crippen LogP contribution is -2.29. The van der Waals surface area contributed by atoms with Crippen LogP contribution in [0, 0.1) is 0 Å². The fourth-order valence-corrected chi connectivity index (χ4v) is 1.77. The lowest BCUT2D eigenvalue weighted by Gasteiger charge is -2.10. The Morgan fingerprint density at radius 2 is 1.94 bits per heavy atom. The van der Waals surface area contributed by atoms with Gasteiger partial charge in [0.15, 0.2) is 0 Å². The molecule has 1 amide bonds. The SMILES string of the molecule is CSc1cc(NC(=O)C(F)(F)F)ccc1C(=O)O. The Balaban J connectivity index is 3.00. The molecule has 0 spiro atoms. The van der Waals surface area contributed by atoms with E-state index in [9.17, 15) is 22.8 Å². The van der Waals surface area contributed by atoms with Crippen LogP contribution in [0.25, 0.3) is 0 Å². The van der Waals surface area contributed by atoms with Gasteiger partial charge in [0.1, 0.15) is 0 Å². The zero-order valence-corrected chi connectivity index (χ0v) is 9.85. The van der Waals surface area contributed by atoms with Crippen LogP contribution in [0.4, 0.5) is 18.9 Å². The molecule has 0 unspecified atom stereocenters. The molecule has 4 nitrogen and oxygen atoms in total. The van der Waals surface area contributed by atoms with Crippen LogP contribution in [0.3, 0.4) is 0 Å². The van der Waals surface area contributed by atoms with Gasteiger partial charge in [0, 0.05) is 10.6 Å². The van der Waals surface area contributed by atoms with Crippen molar-refractivity contribution < 1.29 is 27.9 Å². The van der Waals surface area contributed by atoms with Gasteiger partial charge >= 0.3 is 18.1 Å². The first-order valence-electron chi connectivity index (χ1n) is 4.55. The first kappa shape index (κ1) is 14.4. The van der Waals surface area contributed by atoms with Gasteiger partial charge in [-0.25, -0.2) is 4.79 Å². The number of hydrogen-bond acceptors (Lipinski definition) is 3. The molecule has 1 rings (SSSR count). The third kappa shape index (κ3) is 3.39. The van der Waals surface area contributed by atoms with Gasteiger partial charge in [0.05, 0.1) is 5.56 Å². The van der Waals surface area contributed by atoms with E-state index in [0.29, 0.717) is 0 Å². The van der Waals surface area contributed by atoms with E-state index in [-0.39, 0.29) is 16.1 Å². The number of amides is 1. The van der Waals surface area contributed by atoms with E-state index >= 15 is 0 Å². The maximum atomic E-state index is 12.0. The summed E-state index contributed by atoms with van der Waals surface area (Å²) in [6.45, 7) is 0. The van der Waals surface area contributed by atoms with Crippen LogP contribution in [0.2, 0.25) is 0 Å². The average molecular weight is 279 g/mol. The number of carbonyl (C=O) groups is 2. The lowest BCUT2D eigenvalue weighted by atomic mass is 10.2. The summed E-state index contributed by atoms with van der Waals surface area (Å²) in [6, 6.07) is 3.42. The molecule has 1 aromatic carbocycles. The number of hydrogen-bond donors (Lipinski definition) is 2. The van der Waals surface area contributed by atoms with Crippen molar-refractivity contribution in [2.24, 2.45) is 0 Å². The van der Waals surface area contributed by atoms with Gasteiger partial charge < -0.3 is 10.4 Å². The van der Waals surface area contributed by atoms with Crippen molar-refractivity contribution in [3.8, 4) is 0 Å². The topological polar surface area (TPSA) is 66.4 Å². The van der Waals surface area contributed by atoms with E-state index in [1.165, 1.54) is 6.07 Å². The van der Waals surface area contributed by atoms with Crippen LogP contribution >= 0.6 is 11.8 Å². The Morgan fingerprint density at radius 1 is 1.33 bits per heavy atom. The molecule has 2 N–H and O–H groups in total. The molecule has 0 fully saturated rings. The molecule has 0 bridgehead atoms. The van der Waals surface area contributed by atoms with Crippen molar-refractivity contribution in [1.82, 2.24) is 0 Å². The minimum absolute atomic E-state index is 0.0347. The molecule has 0 atom stereocenters. The number of thioether (sulfide) groups is 1. The van der Waals surface area contributed by atoms with Crippen LogP contribution in [-0.2, 0) is 4.79 Å². The van der Waals surface area contributed by atoms with E-state index in [0.717, 1.165) is 23.9 Å². The smallest absolute Gasteiger partial charge is 0.471 e. The number of halogens is 3. The Labute approximate surface area is 104 Å². The normalized spacial score (nSPS) is 11.1. The molecular formula is C10H8F3NO3S. The summed E-state index contributed by atoms with van der Waals surface area (Å²) in [4.78, 5) is 21.8. The molecular weight excluding hydrogens is 271 g/mol. The Hall–Kier alpha value is -1.70. The highest BCUT2D eigenvalue weighted by Crippen LogP contribution is 2.26. The lowest BCUT2D eigenvalue weighted by molar-refractivity contribution is -0.167. The number of alkyl halides is 3. The third-order valence-electron chi connectivity index (χ3n) is 1.95. The van der Waals surface area contributed by atoms with Gasteiger partial charge in [-0.3, -0.25) is 4.79 Å². The number of nitrogens with one attached hydrogen (secondary N) is 1. The highest BCUT2D eigenvalue weighted by atomic mass is 32.2. The first-order valence-corrected chi connectivity index (χ1v) is 5.77. The van der Waals surface area contributed by atoms with E-state index < -0.39 is 18.1 Å². The summed E-state index contributed by atoms with van der Waals surface area (Å²) in [7, 11) is 0. The highest BCUT2D eigenvalue weighted by Gasteiger charge is 2.38. The zero-order chi connectivity index (χ0) is 13.9. The second-order valence-corrected chi connectivity index (χ2v) is 4.02. The van der Waals surface area contributed by atoms with Crippen molar-refractivity contribution >= 4 is 29.3 Å². The summed E-state index contributed by atoms with van der Waals surface area (Å²) >= 11 is 1.06. The van der Waals surface area contributed by atoms with E-state index in [1.54, 1.807) is 11.6 Å². The highest BCUT2D eigenvalue weighted by molar-refractivity contribution is 7.98. The number of anilines is 1. The van der Waals surface area contributed by atoms with Crippen molar-refractivity contribution in [2.75, 3.05) is 11.6 Å². The van der Waals surface area contributed by atoms with Gasteiger partial charge in [-0.2, -0.15) is 13.2 Å². The summed E-state index contributed by atoms with van der Waals surface area (Å²) in [5, 5.41) is 10.5. The van der Waals surface area contributed by atoms with Crippen molar-refractivity contribution in [1.29, 1.82) is 0 Å². The van der Waals surface area contributed by atoms with Gasteiger partial charge in [0.25, 0.3) is 0 Å². The zero-order valence-electron chi connectivity index (χ0n) is 9.04. The van der Waals surface area contributed by atoms with Gasteiger partial charge in [0.2, 0.25) is 0 Å². The van der Waals surface area contributed by atoms with Crippen LogP contribution < -0.4 is 5.32 Å². The minimum Gasteiger partial charge on any atom is -0.478 e. The van der Waals surface area contributed by atoms with Crippen LogP contribution in [0.1, 0.15) is 10.4 Å². The Morgan fingerprint density at radius 3 is 2.39 bits per heavy atom. The quantitative estimate of drug-likeness (QED) is 0.835. The molecule has 0 saturated carbocycles. The van der Waals surface area contributed by atoms with Crippen LogP contribution in [0.15, 0.2) is 23.1 Å². The van der Waals surface area contributed by atoms with Crippen LogP contribution in [-0.4, -0.2) is 29.4 Å². The molecule has 0 radical (unpaired) electrons. The second-order valence-electron chi connectivity index (χ2n) is 3.17. The minimum atomic E-state index is -4.98. The average Bonchev–Trinajstić information content (AvgIpc) is 2.27. The number of benzene rings is 1. The fourth-order valence-electron chi connectivity index (χ4n) is 1.15. The third-order valence-corrected chi connectivity index (χ3v) is 2.72. The largest absolute Gasteiger partial charge is 0.478 e. The number of carboxylic acid groups (broad SMARTS) is 1. The van der Waals surface area contributed by atoms with Crippen molar-refractivity contribution in [2.45, 2.75) is 11.1 Å². The number of carboxylic acids is 1. The van der Waals surface area contributed by atoms with Gasteiger partial charge in [-0.05, 0) is 24.5 Å². The predicted octanol–water partition coefficient (Wildman–Crippen LogP) is 2.61. The number of aromatic carboxylic acids is 1. The summed E-state index contributed by atoms with van der Waals surface area (Å²) in [5.74, 6) is -3.29. The molecule has 98 valence electrons. The van der Waals surface area contributed by atoms with E-state index in [1.807, 2.05) is 0 Å². The number of rotatable bonds is 3. The molecule has 0 aliphatic carbocycles. The molecule has 1 aromatic rings. The van der Waals surface area contributed by atoms with Crippen molar-refractivity contribution in [3.63, 3.8) is 0 Å². The van der Waals surface area contributed by atoms with Gasteiger partial charge in [-0.1, -0.05) is 0 Å². The Bertz CT molecular complexity index is 488. The summed E-state index contributed by atoms with van der Waals surface area (Å²) in [6.07, 6.45) is -3.40. The summed E-state index contributed by atoms with van der Waals surface area (Å²) in [5.41, 5.74) is -0.140. The molecule has 0 aliphatic heterocycles. The van der Waals surface area contributed by atoms with Crippen molar-refractivity contribution in [3.05, 3.63) is 23.8 Å². The summed E-state index contributed by atoms with van der Waals surface area (Å²) < 4.78 is 36.0. The molecule has 0 aromatic heterocycles. The number of carbonyl (C=O) groups excluding carboxylic acids is 1. The molecule has 0 heterocycles. The maximum absolute atomic E-state index is 12.0. The van der Waals surface area contributed by atoms with Crippen LogP contribution in [0.5, 0.6) is 0 Å². The first-order chi connectivity index (χ1) is 8.25. The standard InChI is InChI=1S/C10H8F3NO3S/c1-18-7-4-5(2-3-6(7)8(15)16)14-9(17)10(11,12)13/h2-4H,1H3,(H,14,17)(H,15,16). The monoisotopic (exact) mass is 279 g/mol. The molecule has 0 aliphatic rings. The maximum Gasteiger partial charge on any atom is 0.471 e. The fraction of sp³-hybridized carbons (Fsp3) is 0.200.